The van der Waals surface area contributed by atoms with Crippen LogP contribution in [0.5, 0.6) is 0 Å². The Hall–Kier alpha value is -1.99. The molecule has 0 aromatic heterocycles. The molecule has 2 aromatic rings. The summed E-state index contributed by atoms with van der Waals surface area (Å²) in [5.74, 6) is 0. The second-order valence-electron chi connectivity index (χ2n) is 3.92. The maximum Gasteiger partial charge on any atom is 0.0992 e. The molecule has 0 aliphatic carbocycles. The molecule has 2 N–H and O–H groups in total. The van der Waals surface area contributed by atoms with Crippen molar-refractivity contribution in [3.8, 4) is 6.07 Å². The van der Waals surface area contributed by atoms with Crippen LogP contribution in [-0.2, 0) is 0 Å². The molecule has 4 heteroatoms. The maximum absolute atomic E-state index is 8.93. The molecule has 0 heterocycles. The van der Waals surface area contributed by atoms with E-state index in [4.69, 9.17) is 11.0 Å². The van der Waals surface area contributed by atoms with Crippen molar-refractivity contribution in [1.29, 1.82) is 5.26 Å². The van der Waals surface area contributed by atoms with Crippen molar-refractivity contribution in [3.05, 3.63) is 52.5 Å². The molecule has 0 bridgehead atoms. The summed E-state index contributed by atoms with van der Waals surface area (Å²) in [6.45, 7) is 0. The monoisotopic (exact) mass is 301 g/mol. The fourth-order valence-corrected chi connectivity index (χ4v) is 1.97. The predicted molar refractivity (Wildman–Crippen MR) is 77.8 cm³/mol. The third-order valence-electron chi connectivity index (χ3n) is 2.73. The minimum absolute atomic E-state index is 0.600. The lowest BCUT2D eigenvalue weighted by Gasteiger charge is -2.21. The normalized spacial score (nSPS) is 9.83. The second kappa shape index (κ2) is 5.11. The average molecular weight is 302 g/mol. The third kappa shape index (κ3) is 2.47. The van der Waals surface area contributed by atoms with Gasteiger partial charge in [0.05, 0.1) is 23.0 Å². The van der Waals surface area contributed by atoms with Gasteiger partial charge in [-0.15, -0.1) is 0 Å². The van der Waals surface area contributed by atoms with Gasteiger partial charge in [-0.2, -0.15) is 5.26 Å². The zero-order valence-electron chi connectivity index (χ0n) is 9.89. The van der Waals surface area contributed by atoms with Gasteiger partial charge in [0.25, 0.3) is 0 Å². The standard InChI is InChI=1S/C14H12BrN3/c1-18(12-5-3-11(15)4-6-12)14-8-10(9-16)2-7-13(14)17/h2-8H,17H2,1H3. The third-order valence-corrected chi connectivity index (χ3v) is 3.26. The Morgan fingerprint density at radius 2 is 1.83 bits per heavy atom. The Labute approximate surface area is 115 Å². The van der Waals surface area contributed by atoms with E-state index in [9.17, 15) is 0 Å². The molecule has 0 saturated carbocycles. The van der Waals surface area contributed by atoms with Gasteiger partial charge in [0.2, 0.25) is 0 Å². The van der Waals surface area contributed by atoms with Crippen LogP contribution in [-0.4, -0.2) is 7.05 Å². The van der Waals surface area contributed by atoms with Crippen molar-refractivity contribution in [2.75, 3.05) is 17.7 Å². The summed E-state index contributed by atoms with van der Waals surface area (Å²) >= 11 is 3.40. The van der Waals surface area contributed by atoms with Gasteiger partial charge in [-0.05, 0) is 42.5 Å². The molecule has 0 fully saturated rings. The molecule has 18 heavy (non-hydrogen) atoms. The van der Waals surface area contributed by atoms with Crippen molar-refractivity contribution in [2.24, 2.45) is 0 Å². The molecule has 0 aliphatic rings. The van der Waals surface area contributed by atoms with Gasteiger partial charge in [0.1, 0.15) is 0 Å². The molecule has 0 spiro atoms. The molecule has 0 aliphatic heterocycles. The summed E-state index contributed by atoms with van der Waals surface area (Å²) in [5, 5.41) is 8.93. The predicted octanol–water partition coefficient (Wildman–Crippen LogP) is 3.67. The van der Waals surface area contributed by atoms with Crippen LogP contribution in [0.25, 0.3) is 0 Å². The van der Waals surface area contributed by atoms with E-state index in [1.54, 1.807) is 18.2 Å². The molecule has 3 nitrogen and oxygen atoms in total. The summed E-state index contributed by atoms with van der Waals surface area (Å²) in [4.78, 5) is 1.96. The van der Waals surface area contributed by atoms with Gasteiger partial charge in [-0.3, -0.25) is 0 Å². The van der Waals surface area contributed by atoms with Crippen LogP contribution in [0.15, 0.2) is 46.9 Å². The molecule has 90 valence electrons. The smallest absolute Gasteiger partial charge is 0.0992 e. The Bertz CT molecular complexity index is 599. The molecular weight excluding hydrogens is 290 g/mol. The number of nitriles is 1. The first-order valence-corrected chi connectivity index (χ1v) is 6.20. The quantitative estimate of drug-likeness (QED) is 0.861. The Morgan fingerprint density at radius 3 is 2.44 bits per heavy atom. The van der Waals surface area contributed by atoms with Crippen LogP contribution in [0, 0.1) is 11.3 Å². The van der Waals surface area contributed by atoms with Gasteiger partial charge in [-0.1, -0.05) is 15.9 Å². The average Bonchev–Trinajstić information content (AvgIpc) is 2.39. The van der Waals surface area contributed by atoms with Crippen LogP contribution in [0.4, 0.5) is 17.1 Å². The van der Waals surface area contributed by atoms with E-state index in [1.807, 2.05) is 36.2 Å². The first-order chi connectivity index (χ1) is 8.61. The zero-order valence-corrected chi connectivity index (χ0v) is 11.5. The van der Waals surface area contributed by atoms with E-state index < -0.39 is 0 Å². The van der Waals surface area contributed by atoms with E-state index in [1.165, 1.54) is 0 Å². The van der Waals surface area contributed by atoms with Crippen LogP contribution in [0.2, 0.25) is 0 Å². The van der Waals surface area contributed by atoms with Crippen molar-refractivity contribution in [2.45, 2.75) is 0 Å². The Balaban J connectivity index is 2.42. The highest BCUT2D eigenvalue weighted by Crippen LogP contribution is 2.30. The SMILES string of the molecule is CN(c1ccc(Br)cc1)c1cc(C#N)ccc1N. The van der Waals surface area contributed by atoms with Gasteiger partial charge >= 0.3 is 0 Å². The minimum atomic E-state index is 0.600. The highest BCUT2D eigenvalue weighted by atomic mass is 79.9. The first kappa shape index (κ1) is 12.5. The minimum Gasteiger partial charge on any atom is -0.397 e. The Kier molecular flexibility index (Phi) is 3.54. The van der Waals surface area contributed by atoms with Crippen molar-refractivity contribution in [3.63, 3.8) is 0 Å². The summed E-state index contributed by atoms with van der Waals surface area (Å²) < 4.78 is 1.03. The van der Waals surface area contributed by atoms with Gasteiger partial charge in [0.15, 0.2) is 0 Å². The number of nitrogens with zero attached hydrogens (tertiary/aromatic N) is 2. The van der Waals surface area contributed by atoms with E-state index in [0.717, 1.165) is 15.8 Å². The molecular formula is C14H12BrN3. The van der Waals surface area contributed by atoms with Gasteiger partial charge in [-0.25, -0.2) is 0 Å². The number of hydrogen-bond acceptors (Lipinski definition) is 3. The summed E-state index contributed by atoms with van der Waals surface area (Å²) in [6.07, 6.45) is 0. The van der Waals surface area contributed by atoms with Gasteiger partial charge in [0, 0.05) is 17.2 Å². The summed E-state index contributed by atoms with van der Waals surface area (Å²) in [6, 6.07) is 15.3. The molecule has 0 saturated heterocycles. The largest absolute Gasteiger partial charge is 0.397 e. The lowest BCUT2D eigenvalue weighted by atomic mass is 10.1. The van der Waals surface area contributed by atoms with E-state index in [0.29, 0.717) is 11.3 Å². The fourth-order valence-electron chi connectivity index (χ4n) is 1.71. The van der Waals surface area contributed by atoms with Crippen LogP contribution >= 0.6 is 15.9 Å². The van der Waals surface area contributed by atoms with Crippen LogP contribution in [0.3, 0.4) is 0 Å². The Morgan fingerprint density at radius 1 is 1.17 bits per heavy atom. The second-order valence-corrected chi connectivity index (χ2v) is 4.84. The number of rotatable bonds is 2. The van der Waals surface area contributed by atoms with Crippen molar-refractivity contribution in [1.82, 2.24) is 0 Å². The molecule has 0 atom stereocenters. The van der Waals surface area contributed by atoms with Gasteiger partial charge < -0.3 is 10.6 Å². The van der Waals surface area contributed by atoms with E-state index >= 15 is 0 Å². The summed E-state index contributed by atoms with van der Waals surface area (Å²) in [5.41, 5.74) is 9.05. The highest BCUT2D eigenvalue weighted by Gasteiger charge is 2.08. The van der Waals surface area contributed by atoms with E-state index in [-0.39, 0.29) is 0 Å². The zero-order chi connectivity index (χ0) is 13.1. The molecule has 0 unspecified atom stereocenters. The highest BCUT2D eigenvalue weighted by molar-refractivity contribution is 9.10. The van der Waals surface area contributed by atoms with Crippen LogP contribution < -0.4 is 10.6 Å². The number of nitrogens with two attached hydrogens (primary N) is 1. The maximum atomic E-state index is 8.93. The number of anilines is 3. The molecule has 2 aromatic carbocycles. The van der Waals surface area contributed by atoms with Crippen LogP contribution in [0.1, 0.15) is 5.56 Å². The first-order valence-electron chi connectivity index (χ1n) is 5.41. The topological polar surface area (TPSA) is 53.0 Å². The number of halogens is 1. The number of benzene rings is 2. The lowest BCUT2D eigenvalue weighted by Crippen LogP contribution is -2.11. The molecule has 0 radical (unpaired) electrons. The summed E-state index contributed by atoms with van der Waals surface area (Å²) in [7, 11) is 1.93. The van der Waals surface area contributed by atoms with Crippen molar-refractivity contribution < 1.29 is 0 Å². The lowest BCUT2D eigenvalue weighted by molar-refractivity contribution is 1.21. The number of nitrogen functional groups attached to an aromatic ring is 1. The molecule has 0 amide bonds. The number of hydrogen-bond donors (Lipinski definition) is 1. The molecule has 2 rings (SSSR count). The fraction of sp³-hybridized carbons (Fsp3) is 0.0714. The van der Waals surface area contributed by atoms with Crippen molar-refractivity contribution >= 4 is 33.0 Å². The van der Waals surface area contributed by atoms with E-state index in [2.05, 4.69) is 22.0 Å².